The molecule has 0 radical (unpaired) electrons. The minimum Gasteiger partial charge on any atom is -0.496 e. The van der Waals surface area contributed by atoms with E-state index >= 15 is 0 Å². The van der Waals surface area contributed by atoms with Crippen molar-refractivity contribution in [3.8, 4) is 11.5 Å². The zero-order valence-corrected chi connectivity index (χ0v) is 16.0. The number of para-hydroxylation sites is 1. The molecule has 1 aliphatic heterocycles. The third-order valence-electron chi connectivity index (χ3n) is 4.12. The summed E-state index contributed by atoms with van der Waals surface area (Å²) in [6.45, 7) is 1.90. The van der Waals surface area contributed by atoms with Crippen molar-refractivity contribution >= 4 is 31.6 Å². The van der Waals surface area contributed by atoms with E-state index in [2.05, 4.69) is 15.9 Å². The van der Waals surface area contributed by atoms with Crippen LogP contribution in [0.3, 0.4) is 0 Å². The molecule has 2 aromatic rings. The number of rotatable bonds is 4. The summed E-state index contributed by atoms with van der Waals surface area (Å²) in [4.78, 5) is 0.0913. The number of anilines is 1. The van der Waals surface area contributed by atoms with Crippen LogP contribution in [0.1, 0.15) is 12.5 Å². The van der Waals surface area contributed by atoms with E-state index in [-0.39, 0.29) is 16.7 Å². The highest BCUT2D eigenvalue weighted by Crippen LogP contribution is 2.41. The number of nitrogens with zero attached hydrogens (tertiary/aromatic N) is 1. The molecule has 0 N–H and O–H groups in total. The molecule has 0 amide bonds. The van der Waals surface area contributed by atoms with Crippen LogP contribution < -0.4 is 13.8 Å². The minimum absolute atomic E-state index is 0.0913. The van der Waals surface area contributed by atoms with E-state index in [0.29, 0.717) is 22.3 Å². The van der Waals surface area contributed by atoms with Crippen molar-refractivity contribution in [1.82, 2.24) is 0 Å². The number of sulfonamides is 1. The molecular formula is C17H18BrNO4S. The summed E-state index contributed by atoms with van der Waals surface area (Å²) in [6, 6.07) is 10.5. The van der Waals surface area contributed by atoms with Gasteiger partial charge in [0.2, 0.25) is 0 Å². The summed E-state index contributed by atoms with van der Waals surface area (Å²) in [5, 5.41) is 0. The number of hydrogen-bond acceptors (Lipinski definition) is 4. The standard InChI is InChI=1S/C17H18BrNO4S/c1-11-8-12-6-4-5-7-14(12)19(11)24(20,21)17-10-15(22-2)13(18)9-16(17)23-3/h4-7,9-11H,8H2,1-3H3/t11-/m0/s1. The Hall–Kier alpha value is -1.73. The first-order valence-corrected chi connectivity index (χ1v) is 9.67. The lowest BCUT2D eigenvalue weighted by atomic mass is 10.1. The highest BCUT2D eigenvalue weighted by Gasteiger charge is 2.37. The highest BCUT2D eigenvalue weighted by atomic mass is 79.9. The quantitative estimate of drug-likeness (QED) is 0.770. The van der Waals surface area contributed by atoms with Crippen LogP contribution in [0.2, 0.25) is 0 Å². The Morgan fingerprint density at radius 3 is 2.46 bits per heavy atom. The van der Waals surface area contributed by atoms with E-state index in [9.17, 15) is 8.42 Å². The van der Waals surface area contributed by atoms with Crippen LogP contribution in [0.25, 0.3) is 0 Å². The Morgan fingerprint density at radius 1 is 1.12 bits per heavy atom. The van der Waals surface area contributed by atoms with Gasteiger partial charge in [0.25, 0.3) is 10.0 Å². The zero-order chi connectivity index (χ0) is 17.5. The van der Waals surface area contributed by atoms with Gasteiger partial charge in [-0.05, 0) is 47.0 Å². The highest BCUT2D eigenvalue weighted by molar-refractivity contribution is 9.10. The Labute approximate surface area is 150 Å². The number of benzene rings is 2. The molecule has 0 aromatic heterocycles. The SMILES string of the molecule is COc1cc(S(=O)(=O)N2c3ccccc3C[C@@H]2C)c(OC)cc1Br. The Bertz CT molecular complexity index is 882. The monoisotopic (exact) mass is 411 g/mol. The van der Waals surface area contributed by atoms with Gasteiger partial charge in [0, 0.05) is 12.1 Å². The molecule has 5 nitrogen and oxygen atoms in total. The maximum Gasteiger partial charge on any atom is 0.268 e. The third kappa shape index (κ3) is 2.65. The number of fused-ring (bicyclic) bond motifs is 1. The first-order valence-electron chi connectivity index (χ1n) is 7.44. The second-order valence-corrected chi connectivity index (χ2v) is 8.26. The normalized spacial score (nSPS) is 16.8. The summed E-state index contributed by atoms with van der Waals surface area (Å²) < 4.78 is 39.3. The molecule has 128 valence electrons. The van der Waals surface area contributed by atoms with Gasteiger partial charge in [0.15, 0.2) is 0 Å². The smallest absolute Gasteiger partial charge is 0.268 e. The predicted octanol–water partition coefficient (Wildman–Crippen LogP) is 3.61. The zero-order valence-electron chi connectivity index (χ0n) is 13.6. The minimum atomic E-state index is -3.79. The summed E-state index contributed by atoms with van der Waals surface area (Å²) in [7, 11) is -0.836. The van der Waals surface area contributed by atoms with E-state index < -0.39 is 10.0 Å². The maximum absolute atomic E-state index is 13.3. The van der Waals surface area contributed by atoms with Gasteiger partial charge in [0.05, 0.1) is 24.4 Å². The average molecular weight is 412 g/mol. The summed E-state index contributed by atoms with van der Waals surface area (Å²) in [5.74, 6) is 0.716. The molecule has 0 fully saturated rings. The van der Waals surface area contributed by atoms with Crippen LogP contribution in [0, 0.1) is 0 Å². The van der Waals surface area contributed by atoms with E-state index in [0.717, 1.165) is 5.56 Å². The van der Waals surface area contributed by atoms with Gasteiger partial charge in [-0.1, -0.05) is 18.2 Å². The molecule has 0 bridgehead atoms. The molecule has 1 aliphatic rings. The van der Waals surface area contributed by atoms with Crippen molar-refractivity contribution in [3.63, 3.8) is 0 Å². The van der Waals surface area contributed by atoms with Gasteiger partial charge >= 0.3 is 0 Å². The van der Waals surface area contributed by atoms with Crippen LogP contribution >= 0.6 is 15.9 Å². The van der Waals surface area contributed by atoms with Gasteiger partial charge in [-0.15, -0.1) is 0 Å². The molecule has 2 aromatic carbocycles. The lowest BCUT2D eigenvalue weighted by Crippen LogP contribution is -2.35. The maximum atomic E-state index is 13.3. The number of hydrogen-bond donors (Lipinski definition) is 0. The van der Waals surface area contributed by atoms with Crippen molar-refractivity contribution in [2.75, 3.05) is 18.5 Å². The first kappa shape index (κ1) is 17.1. The molecule has 0 unspecified atom stereocenters. The van der Waals surface area contributed by atoms with Gasteiger partial charge in [-0.2, -0.15) is 0 Å². The molecule has 1 heterocycles. The molecular weight excluding hydrogens is 394 g/mol. The van der Waals surface area contributed by atoms with Crippen LogP contribution in [0.5, 0.6) is 11.5 Å². The molecule has 24 heavy (non-hydrogen) atoms. The van der Waals surface area contributed by atoms with E-state index in [4.69, 9.17) is 9.47 Å². The fourth-order valence-electron chi connectivity index (χ4n) is 3.04. The average Bonchev–Trinajstić information content (AvgIpc) is 2.90. The molecule has 0 saturated heterocycles. The van der Waals surface area contributed by atoms with Crippen molar-refractivity contribution in [2.24, 2.45) is 0 Å². The third-order valence-corrected chi connectivity index (χ3v) is 6.69. The summed E-state index contributed by atoms with van der Waals surface area (Å²) in [6.07, 6.45) is 0.686. The van der Waals surface area contributed by atoms with Gasteiger partial charge in [0.1, 0.15) is 16.4 Å². The second-order valence-electron chi connectivity index (χ2n) is 5.62. The lowest BCUT2D eigenvalue weighted by Gasteiger charge is -2.25. The Morgan fingerprint density at radius 2 is 1.79 bits per heavy atom. The summed E-state index contributed by atoms with van der Waals surface area (Å²) >= 11 is 3.36. The van der Waals surface area contributed by atoms with Crippen molar-refractivity contribution in [1.29, 1.82) is 0 Å². The van der Waals surface area contributed by atoms with Crippen LogP contribution in [-0.4, -0.2) is 28.7 Å². The lowest BCUT2D eigenvalue weighted by molar-refractivity contribution is 0.390. The molecule has 3 rings (SSSR count). The van der Waals surface area contributed by atoms with Gasteiger partial charge in [-0.3, -0.25) is 4.31 Å². The number of halogens is 1. The van der Waals surface area contributed by atoms with Gasteiger partial charge in [-0.25, -0.2) is 8.42 Å². The number of methoxy groups -OCH3 is 2. The summed E-state index contributed by atoms with van der Waals surface area (Å²) in [5.41, 5.74) is 1.74. The topological polar surface area (TPSA) is 55.8 Å². The fourth-order valence-corrected chi connectivity index (χ4v) is 5.38. The molecule has 0 aliphatic carbocycles. The molecule has 0 saturated carbocycles. The van der Waals surface area contributed by atoms with Crippen molar-refractivity contribution in [3.05, 3.63) is 46.4 Å². The van der Waals surface area contributed by atoms with Crippen LogP contribution in [0.4, 0.5) is 5.69 Å². The van der Waals surface area contributed by atoms with Crippen LogP contribution in [-0.2, 0) is 16.4 Å². The molecule has 1 atom stereocenters. The Kier molecular flexibility index (Phi) is 4.48. The molecule has 7 heteroatoms. The molecule has 0 spiro atoms. The second kappa shape index (κ2) is 6.29. The van der Waals surface area contributed by atoms with Crippen LogP contribution in [0.15, 0.2) is 45.8 Å². The van der Waals surface area contributed by atoms with E-state index in [1.54, 1.807) is 6.07 Å². The van der Waals surface area contributed by atoms with Gasteiger partial charge < -0.3 is 9.47 Å². The Balaban J connectivity index is 2.19. The van der Waals surface area contributed by atoms with Crippen molar-refractivity contribution < 1.29 is 17.9 Å². The van der Waals surface area contributed by atoms with Crippen molar-refractivity contribution in [2.45, 2.75) is 24.3 Å². The van der Waals surface area contributed by atoms with E-state index in [1.807, 2.05) is 31.2 Å². The predicted molar refractivity (Wildman–Crippen MR) is 96.5 cm³/mol. The largest absolute Gasteiger partial charge is 0.496 e. The first-order chi connectivity index (χ1) is 11.4. The fraction of sp³-hybridized carbons (Fsp3) is 0.294. The number of ether oxygens (including phenoxy) is 2. The van der Waals surface area contributed by atoms with E-state index in [1.165, 1.54) is 24.6 Å².